The van der Waals surface area contributed by atoms with Crippen molar-refractivity contribution in [3.8, 4) is 50.7 Å². The number of nitrogens with zero attached hydrogens (tertiary/aromatic N) is 3. The Morgan fingerprint density at radius 3 is 1.78 bits per heavy atom. The standard InChI is InChI=1S/C43H31N3/c1-43(2)36-20-9-6-19-35(36)41-39(43)40(44-42(45-41)30-25-23-29(24-26-30)28-13-4-3-5-14-28)31-15-12-16-32(27-31)46-37-21-10-7-17-33(37)34-18-8-11-22-38(34)46/h3-27H,1-2H3. The summed E-state index contributed by atoms with van der Waals surface area (Å²) in [7, 11) is 0. The summed E-state index contributed by atoms with van der Waals surface area (Å²) in [6, 6.07) is 54.0. The molecule has 0 N–H and O–H groups in total. The van der Waals surface area contributed by atoms with Crippen LogP contribution in [0.25, 0.3) is 72.5 Å². The van der Waals surface area contributed by atoms with Crippen LogP contribution in [0.2, 0.25) is 0 Å². The van der Waals surface area contributed by atoms with Crippen LogP contribution in [0.5, 0.6) is 0 Å². The first-order valence-corrected chi connectivity index (χ1v) is 15.9. The van der Waals surface area contributed by atoms with Gasteiger partial charge in [0, 0.05) is 44.1 Å². The van der Waals surface area contributed by atoms with Gasteiger partial charge in [-0.2, -0.15) is 0 Å². The largest absolute Gasteiger partial charge is 0.309 e. The number of aromatic nitrogens is 3. The third kappa shape index (κ3) is 3.98. The zero-order chi connectivity index (χ0) is 30.8. The van der Waals surface area contributed by atoms with E-state index in [4.69, 9.17) is 9.97 Å². The maximum absolute atomic E-state index is 5.39. The highest BCUT2D eigenvalue weighted by Crippen LogP contribution is 2.51. The molecular formula is C43H31N3. The zero-order valence-electron chi connectivity index (χ0n) is 25.8. The SMILES string of the molecule is CC1(C)c2ccccc2-c2nc(-c3ccc(-c4ccccc4)cc3)nc(-c3cccc(-n4c5ccccc5c5ccccc54)c3)c21. The number of para-hydroxylation sites is 2. The van der Waals surface area contributed by atoms with Crippen molar-refractivity contribution >= 4 is 21.8 Å². The molecule has 0 unspecified atom stereocenters. The molecule has 0 saturated carbocycles. The number of hydrogen-bond donors (Lipinski definition) is 0. The normalized spacial score (nSPS) is 13.2. The van der Waals surface area contributed by atoms with Crippen molar-refractivity contribution in [2.24, 2.45) is 0 Å². The number of rotatable bonds is 4. The van der Waals surface area contributed by atoms with E-state index in [1.165, 1.54) is 49.6 Å². The molecule has 0 fully saturated rings. The van der Waals surface area contributed by atoms with Crippen LogP contribution in [0.1, 0.15) is 25.0 Å². The molecule has 1 aliphatic carbocycles. The van der Waals surface area contributed by atoms with Crippen LogP contribution >= 0.6 is 0 Å². The molecule has 2 heterocycles. The van der Waals surface area contributed by atoms with Crippen LogP contribution < -0.4 is 0 Å². The molecule has 0 radical (unpaired) electrons. The van der Waals surface area contributed by atoms with Crippen LogP contribution in [0.4, 0.5) is 0 Å². The van der Waals surface area contributed by atoms with Gasteiger partial charge in [0.2, 0.25) is 0 Å². The van der Waals surface area contributed by atoms with Crippen LogP contribution in [0.15, 0.2) is 152 Å². The van der Waals surface area contributed by atoms with Gasteiger partial charge in [0.1, 0.15) is 0 Å². The second kappa shape index (κ2) is 10.1. The lowest BCUT2D eigenvalue weighted by atomic mass is 9.81. The van der Waals surface area contributed by atoms with Crippen molar-refractivity contribution < 1.29 is 0 Å². The van der Waals surface area contributed by atoms with Gasteiger partial charge in [-0.3, -0.25) is 0 Å². The Kier molecular flexibility index (Phi) is 5.85. The number of benzene rings is 6. The smallest absolute Gasteiger partial charge is 0.160 e. The van der Waals surface area contributed by atoms with Crippen molar-refractivity contribution in [1.29, 1.82) is 0 Å². The van der Waals surface area contributed by atoms with Crippen LogP contribution in [-0.4, -0.2) is 14.5 Å². The van der Waals surface area contributed by atoms with E-state index in [0.717, 1.165) is 34.0 Å². The molecule has 8 aromatic rings. The molecular weight excluding hydrogens is 558 g/mol. The van der Waals surface area contributed by atoms with Gasteiger partial charge in [0.05, 0.1) is 22.4 Å². The van der Waals surface area contributed by atoms with E-state index in [1.54, 1.807) is 0 Å². The van der Waals surface area contributed by atoms with Gasteiger partial charge in [-0.1, -0.05) is 141 Å². The second-order valence-corrected chi connectivity index (χ2v) is 12.7. The van der Waals surface area contributed by atoms with Crippen molar-refractivity contribution in [2.75, 3.05) is 0 Å². The van der Waals surface area contributed by atoms with E-state index in [1.807, 2.05) is 6.07 Å². The first-order chi connectivity index (χ1) is 22.6. The first-order valence-electron chi connectivity index (χ1n) is 15.9. The molecule has 0 aliphatic heterocycles. The summed E-state index contributed by atoms with van der Waals surface area (Å²) in [6.45, 7) is 4.60. The predicted molar refractivity (Wildman–Crippen MR) is 190 cm³/mol. The molecule has 1 aliphatic rings. The molecule has 3 heteroatoms. The topological polar surface area (TPSA) is 30.7 Å². The van der Waals surface area contributed by atoms with Gasteiger partial charge >= 0.3 is 0 Å². The van der Waals surface area contributed by atoms with Crippen molar-refractivity contribution in [3.63, 3.8) is 0 Å². The van der Waals surface area contributed by atoms with E-state index >= 15 is 0 Å². The van der Waals surface area contributed by atoms with Crippen LogP contribution in [0, 0.1) is 0 Å². The van der Waals surface area contributed by atoms with Gasteiger partial charge < -0.3 is 4.57 Å². The van der Waals surface area contributed by atoms with E-state index < -0.39 is 0 Å². The lowest BCUT2D eigenvalue weighted by Crippen LogP contribution is -2.17. The fourth-order valence-electron chi connectivity index (χ4n) is 7.39. The van der Waals surface area contributed by atoms with Crippen molar-refractivity contribution in [1.82, 2.24) is 14.5 Å². The Balaban J connectivity index is 1.26. The molecule has 218 valence electrons. The Morgan fingerprint density at radius 2 is 1.04 bits per heavy atom. The molecule has 2 aromatic heterocycles. The van der Waals surface area contributed by atoms with E-state index in [9.17, 15) is 0 Å². The molecule has 3 nitrogen and oxygen atoms in total. The second-order valence-electron chi connectivity index (χ2n) is 12.7. The maximum atomic E-state index is 5.39. The number of hydrogen-bond acceptors (Lipinski definition) is 2. The summed E-state index contributed by atoms with van der Waals surface area (Å²) in [5.41, 5.74) is 13.4. The summed E-state index contributed by atoms with van der Waals surface area (Å²) < 4.78 is 2.37. The van der Waals surface area contributed by atoms with E-state index in [2.05, 4.69) is 164 Å². The Bertz CT molecular complexity index is 2380. The molecule has 0 bridgehead atoms. The average molecular weight is 590 g/mol. The fourth-order valence-corrected chi connectivity index (χ4v) is 7.39. The van der Waals surface area contributed by atoms with Gasteiger partial charge in [-0.15, -0.1) is 0 Å². The third-order valence-electron chi connectivity index (χ3n) is 9.60. The summed E-state index contributed by atoms with van der Waals surface area (Å²) in [5, 5.41) is 2.51. The molecule has 0 amide bonds. The summed E-state index contributed by atoms with van der Waals surface area (Å²) in [5.74, 6) is 0.739. The third-order valence-corrected chi connectivity index (χ3v) is 9.60. The minimum atomic E-state index is -0.250. The van der Waals surface area contributed by atoms with Crippen LogP contribution in [0.3, 0.4) is 0 Å². The molecule has 0 spiro atoms. The Morgan fingerprint density at radius 1 is 0.478 bits per heavy atom. The summed E-state index contributed by atoms with van der Waals surface area (Å²) >= 11 is 0. The fraction of sp³-hybridized carbons (Fsp3) is 0.0698. The molecule has 0 saturated heterocycles. The molecule has 6 aromatic carbocycles. The average Bonchev–Trinajstić information content (AvgIpc) is 3.57. The van der Waals surface area contributed by atoms with Gasteiger partial charge in [0.25, 0.3) is 0 Å². The van der Waals surface area contributed by atoms with Crippen molar-refractivity contribution in [2.45, 2.75) is 19.3 Å². The highest BCUT2D eigenvalue weighted by molar-refractivity contribution is 6.09. The maximum Gasteiger partial charge on any atom is 0.160 e. The Labute approximate surface area is 268 Å². The molecule has 46 heavy (non-hydrogen) atoms. The highest BCUT2D eigenvalue weighted by Gasteiger charge is 2.40. The van der Waals surface area contributed by atoms with E-state index in [-0.39, 0.29) is 5.41 Å². The summed E-state index contributed by atoms with van der Waals surface area (Å²) in [6.07, 6.45) is 0. The van der Waals surface area contributed by atoms with Gasteiger partial charge in [-0.25, -0.2) is 9.97 Å². The molecule has 9 rings (SSSR count). The molecule has 0 atom stereocenters. The van der Waals surface area contributed by atoms with Gasteiger partial charge in [-0.05, 0) is 41.0 Å². The zero-order valence-corrected chi connectivity index (χ0v) is 25.8. The number of fused-ring (bicyclic) bond motifs is 6. The summed E-state index contributed by atoms with van der Waals surface area (Å²) in [4.78, 5) is 10.7. The predicted octanol–water partition coefficient (Wildman–Crippen LogP) is 10.9. The minimum Gasteiger partial charge on any atom is -0.309 e. The van der Waals surface area contributed by atoms with E-state index in [0.29, 0.717) is 0 Å². The first kappa shape index (κ1) is 26.6. The monoisotopic (exact) mass is 589 g/mol. The van der Waals surface area contributed by atoms with Crippen molar-refractivity contribution in [3.05, 3.63) is 163 Å². The lowest BCUT2D eigenvalue weighted by Gasteiger charge is -2.24. The minimum absolute atomic E-state index is 0.250. The quantitative estimate of drug-likeness (QED) is 0.204. The van der Waals surface area contributed by atoms with Crippen LogP contribution in [-0.2, 0) is 5.41 Å². The highest BCUT2D eigenvalue weighted by atomic mass is 15.0. The van der Waals surface area contributed by atoms with Gasteiger partial charge in [0.15, 0.2) is 5.82 Å². The lowest BCUT2D eigenvalue weighted by molar-refractivity contribution is 0.658. The Hall–Kier alpha value is -5.80.